The molecule has 1 aliphatic carbocycles. The van der Waals surface area contributed by atoms with E-state index in [1.54, 1.807) is 6.20 Å². The summed E-state index contributed by atoms with van der Waals surface area (Å²) in [6, 6.07) is 0.372. The molecule has 1 aliphatic rings. The average molecular weight is 254 g/mol. The number of aryl methyl sites for hydroxylation is 1. The molecule has 1 aromatic heterocycles. The van der Waals surface area contributed by atoms with Crippen LogP contribution in [0.5, 0.6) is 0 Å². The number of carbonyl (C=O) groups excluding carboxylic acids is 1. The Hall–Kier alpha value is -0.940. The van der Waals surface area contributed by atoms with Gasteiger partial charge in [0.1, 0.15) is 4.88 Å². The molecule has 0 atom stereocenters. The number of amides is 1. The maximum Gasteiger partial charge on any atom is 0.265 e. The van der Waals surface area contributed by atoms with Crippen LogP contribution in [0.4, 0.5) is 0 Å². The van der Waals surface area contributed by atoms with Gasteiger partial charge in [0.05, 0.1) is 11.2 Å². The van der Waals surface area contributed by atoms with Crippen molar-refractivity contribution in [2.75, 3.05) is 13.2 Å². The van der Waals surface area contributed by atoms with Gasteiger partial charge in [0, 0.05) is 19.2 Å². The molecule has 1 heterocycles. The second kappa shape index (κ2) is 5.60. The number of hydrogen-bond acceptors (Lipinski definition) is 4. The molecular formula is C12H18N2O2S. The van der Waals surface area contributed by atoms with Crippen molar-refractivity contribution in [3.05, 3.63) is 16.1 Å². The predicted octanol–water partition coefficient (Wildman–Crippen LogP) is 1.83. The quantitative estimate of drug-likeness (QED) is 0.872. The van der Waals surface area contributed by atoms with Crippen molar-refractivity contribution in [1.29, 1.82) is 0 Å². The van der Waals surface area contributed by atoms with E-state index in [1.165, 1.54) is 17.8 Å². The third-order valence-corrected chi connectivity index (χ3v) is 4.07. The number of thiazole rings is 1. The molecule has 1 saturated carbocycles. The van der Waals surface area contributed by atoms with Gasteiger partial charge < -0.3 is 10.0 Å². The number of rotatable bonds is 5. The molecule has 5 heteroatoms. The lowest BCUT2D eigenvalue weighted by atomic mass is 9.91. The third-order valence-electron chi connectivity index (χ3n) is 3.17. The second-order valence-corrected chi connectivity index (χ2v) is 5.64. The topological polar surface area (TPSA) is 53.4 Å². The van der Waals surface area contributed by atoms with E-state index in [0.717, 1.165) is 17.8 Å². The summed E-state index contributed by atoms with van der Waals surface area (Å²) in [7, 11) is 0. The molecule has 1 fully saturated rings. The van der Waals surface area contributed by atoms with Gasteiger partial charge in [0.2, 0.25) is 0 Å². The van der Waals surface area contributed by atoms with Gasteiger partial charge in [-0.2, -0.15) is 0 Å². The van der Waals surface area contributed by atoms with Crippen LogP contribution in [0.2, 0.25) is 0 Å². The Balaban J connectivity index is 2.06. The average Bonchev–Trinajstić information content (AvgIpc) is 2.67. The maximum absolute atomic E-state index is 12.3. The van der Waals surface area contributed by atoms with Crippen LogP contribution in [0.25, 0.3) is 0 Å². The van der Waals surface area contributed by atoms with E-state index in [0.29, 0.717) is 23.9 Å². The molecule has 0 aromatic carbocycles. The first kappa shape index (κ1) is 12.5. The van der Waals surface area contributed by atoms with Gasteiger partial charge in [-0.15, -0.1) is 11.3 Å². The van der Waals surface area contributed by atoms with Gasteiger partial charge in [-0.1, -0.05) is 0 Å². The normalized spacial score (nSPS) is 15.6. The Morgan fingerprint density at radius 1 is 1.65 bits per heavy atom. The van der Waals surface area contributed by atoms with Gasteiger partial charge >= 0.3 is 0 Å². The Kier molecular flexibility index (Phi) is 4.12. The molecule has 4 nitrogen and oxygen atoms in total. The highest BCUT2D eigenvalue weighted by atomic mass is 32.1. The van der Waals surface area contributed by atoms with Crippen LogP contribution in [0, 0.1) is 6.92 Å². The maximum atomic E-state index is 12.3. The summed E-state index contributed by atoms with van der Waals surface area (Å²) in [6.45, 7) is 2.69. The van der Waals surface area contributed by atoms with Crippen LogP contribution >= 0.6 is 11.3 Å². The van der Waals surface area contributed by atoms with Gasteiger partial charge in [-0.05, 0) is 32.6 Å². The van der Waals surface area contributed by atoms with E-state index in [9.17, 15) is 4.79 Å². The van der Waals surface area contributed by atoms with Crippen molar-refractivity contribution in [1.82, 2.24) is 9.88 Å². The molecule has 94 valence electrons. The summed E-state index contributed by atoms with van der Waals surface area (Å²) in [5.74, 6) is 0.0775. The van der Waals surface area contributed by atoms with Crippen molar-refractivity contribution < 1.29 is 9.90 Å². The largest absolute Gasteiger partial charge is 0.396 e. The zero-order valence-corrected chi connectivity index (χ0v) is 10.9. The molecule has 17 heavy (non-hydrogen) atoms. The van der Waals surface area contributed by atoms with E-state index in [2.05, 4.69) is 4.98 Å². The molecule has 1 amide bonds. The van der Waals surface area contributed by atoms with Crippen LogP contribution in [-0.2, 0) is 0 Å². The van der Waals surface area contributed by atoms with Crippen molar-refractivity contribution in [3.63, 3.8) is 0 Å². The summed E-state index contributed by atoms with van der Waals surface area (Å²) in [4.78, 5) is 19.1. The molecule has 0 bridgehead atoms. The van der Waals surface area contributed by atoms with Crippen LogP contribution < -0.4 is 0 Å². The molecule has 2 rings (SSSR count). The fourth-order valence-electron chi connectivity index (χ4n) is 1.99. The molecule has 0 unspecified atom stereocenters. The van der Waals surface area contributed by atoms with Gasteiger partial charge in [0.25, 0.3) is 5.91 Å². The number of carbonyl (C=O) groups is 1. The van der Waals surface area contributed by atoms with Gasteiger partial charge in [-0.3, -0.25) is 4.79 Å². The summed E-state index contributed by atoms with van der Waals surface area (Å²) in [5, 5.41) is 9.82. The van der Waals surface area contributed by atoms with E-state index in [1.807, 2.05) is 11.8 Å². The first-order valence-corrected chi connectivity index (χ1v) is 6.88. The molecule has 0 spiro atoms. The van der Waals surface area contributed by atoms with Crippen molar-refractivity contribution in [2.45, 2.75) is 38.6 Å². The summed E-state index contributed by atoms with van der Waals surface area (Å²) in [5.41, 5.74) is 0. The standard InChI is InChI=1S/C12H18N2O2S/c1-9-13-8-11(17-9)12(16)14(6-3-7-15)10-4-2-5-10/h8,10,15H,2-7H2,1H3. The Morgan fingerprint density at radius 2 is 2.41 bits per heavy atom. The van der Waals surface area contributed by atoms with E-state index < -0.39 is 0 Å². The van der Waals surface area contributed by atoms with Crippen molar-refractivity contribution >= 4 is 17.2 Å². The smallest absolute Gasteiger partial charge is 0.265 e. The zero-order chi connectivity index (χ0) is 12.3. The van der Waals surface area contributed by atoms with E-state index in [-0.39, 0.29) is 12.5 Å². The predicted molar refractivity (Wildman–Crippen MR) is 67.2 cm³/mol. The molecule has 0 radical (unpaired) electrons. The second-order valence-electron chi connectivity index (χ2n) is 4.40. The molecular weight excluding hydrogens is 236 g/mol. The Bertz CT molecular complexity index is 388. The molecule has 1 N–H and O–H groups in total. The lowest BCUT2D eigenvalue weighted by Crippen LogP contribution is -2.44. The van der Waals surface area contributed by atoms with Crippen molar-refractivity contribution in [2.24, 2.45) is 0 Å². The highest BCUT2D eigenvalue weighted by molar-refractivity contribution is 7.13. The number of hydrogen-bond donors (Lipinski definition) is 1. The number of aliphatic hydroxyl groups excluding tert-OH is 1. The fourth-order valence-corrected chi connectivity index (χ4v) is 2.72. The van der Waals surface area contributed by atoms with E-state index in [4.69, 9.17) is 5.11 Å². The van der Waals surface area contributed by atoms with Gasteiger partial charge in [-0.25, -0.2) is 4.98 Å². The summed E-state index contributed by atoms with van der Waals surface area (Å²) < 4.78 is 0. The van der Waals surface area contributed by atoms with Crippen molar-refractivity contribution in [3.8, 4) is 0 Å². The van der Waals surface area contributed by atoms with Crippen LogP contribution in [-0.4, -0.2) is 40.1 Å². The Labute approximate surface area is 105 Å². The first-order valence-electron chi connectivity index (χ1n) is 6.06. The summed E-state index contributed by atoms with van der Waals surface area (Å²) >= 11 is 1.44. The summed E-state index contributed by atoms with van der Waals surface area (Å²) in [6.07, 6.45) is 5.70. The van der Waals surface area contributed by atoms with Crippen LogP contribution in [0.1, 0.15) is 40.4 Å². The van der Waals surface area contributed by atoms with Gasteiger partial charge in [0.15, 0.2) is 0 Å². The third kappa shape index (κ3) is 2.84. The van der Waals surface area contributed by atoms with Crippen LogP contribution in [0.3, 0.4) is 0 Å². The highest BCUT2D eigenvalue weighted by Crippen LogP contribution is 2.27. The zero-order valence-electron chi connectivity index (χ0n) is 10.1. The number of nitrogens with zero attached hydrogens (tertiary/aromatic N) is 2. The van der Waals surface area contributed by atoms with Crippen LogP contribution in [0.15, 0.2) is 6.20 Å². The number of aliphatic hydroxyl groups is 1. The fraction of sp³-hybridized carbons (Fsp3) is 0.667. The minimum atomic E-state index is 0.0775. The SMILES string of the molecule is Cc1ncc(C(=O)N(CCCO)C2CCC2)s1. The minimum absolute atomic E-state index is 0.0775. The lowest BCUT2D eigenvalue weighted by molar-refractivity contribution is 0.0567. The Morgan fingerprint density at radius 3 is 2.88 bits per heavy atom. The number of aromatic nitrogens is 1. The molecule has 0 saturated heterocycles. The minimum Gasteiger partial charge on any atom is -0.396 e. The lowest BCUT2D eigenvalue weighted by Gasteiger charge is -2.37. The monoisotopic (exact) mass is 254 g/mol. The molecule has 0 aliphatic heterocycles. The van der Waals surface area contributed by atoms with E-state index >= 15 is 0 Å². The highest BCUT2D eigenvalue weighted by Gasteiger charge is 2.29. The molecule has 1 aromatic rings. The first-order chi connectivity index (χ1) is 8.22.